The normalized spacial score (nSPS) is 26.2. The number of piperidine rings is 1. The van der Waals surface area contributed by atoms with Crippen LogP contribution >= 0.6 is 0 Å². The predicted octanol–water partition coefficient (Wildman–Crippen LogP) is 3.32. The van der Waals surface area contributed by atoms with E-state index in [0.717, 1.165) is 5.92 Å². The van der Waals surface area contributed by atoms with Gasteiger partial charge in [0, 0.05) is 6.20 Å². The average molecular weight is 261 g/mol. The van der Waals surface area contributed by atoms with E-state index in [1.54, 1.807) is 0 Å². The molecule has 1 aliphatic heterocycles. The summed E-state index contributed by atoms with van der Waals surface area (Å²) >= 11 is 0. The third-order valence-electron chi connectivity index (χ3n) is 4.78. The minimum absolute atomic E-state index is 0.667. The lowest BCUT2D eigenvalue weighted by atomic mass is 9.94. The summed E-state index contributed by atoms with van der Waals surface area (Å²) in [6.45, 7) is 2.40. The van der Waals surface area contributed by atoms with Crippen molar-refractivity contribution in [1.82, 2.24) is 15.1 Å². The Morgan fingerprint density at radius 3 is 2.68 bits per heavy atom. The molecule has 1 saturated carbocycles. The van der Waals surface area contributed by atoms with Crippen LogP contribution in [0.1, 0.15) is 63.0 Å². The minimum atomic E-state index is 0.667. The molecule has 1 saturated heterocycles. The lowest BCUT2D eigenvalue weighted by Crippen LogP contribution is -2.30. The van der Waals surface area contributed by atoms with Crippen molar-refractivity contribution in [2.45, 2.75) is 63.8 Å². The fraction of sp³-hybridized carbons (Fsp3) is 0.812. The van der Waals surface area contributed by atoms with E-state index in [0.29, 0.717) is 6.04 Å². The second-order valence-corrected chi connectivity index (χ2v) is 6.39. The summed E-state index contributed by atoms with van der Waals surface area (Å²) in [6.07, 6.45) is 16.6. The van der Waals surface area contributed by atoms with Gasteiger partial charge in [-0.15, -0.1) is 0 Å². The highest BCUT2D eigenvalue weighted by atomic mass is 15.3. The van der Waals surface area contributed by atoms with E-state index in [9.17, 15) is 0 Å². The van der Waals surface area contributed by atoms with E-state index in [4.69, 9.17) is 0 Å². The van der Waals surface area contributed by atoms with Crippen LogP contribution in [-0.4, -0.2) is 22.9 Å². The topological polar surface area (TPSA) is 29.9 Å². The molecule has 3 nitrogen and oxygen atoms in total. The number of nitrogens with one attached hydrogen (secondary N) is 1. The first-order chi connectivity index (χ1) is 9.42. The van der Waals surface area contributed by atoms with Crippen molar-refractivity contribution < 1.29 is 0 Å². The van der Waals surface area contributed by atoms with Gasteiger partial charge in [0.1, 0.15) is 0 Å². The molecule has 0 amide bonds. The maximum atomic E-state index is 4.64. The van der Waals surface area contributed by atoms with Crippen molar-refractivity contribution in [3.8, 4) is 0 Å². The molecule has 1 unspecified atom stereocenters. The van der Waals surface area contributed by atoms with Gasteiger partial charge in [-0.25, -0.2) is 0 Å². The zero-order valence-corrected chi connectivity index (χ0v) is 12.0. The van der Waals surface area contributed by atoms with Crippen molar-refractivity contribution >= 4 is 0 Å². The molecule has 1 atom stereocenters. The molecule has 0 aromatic carbocycles. The van der Waals surface area contributed by atoms with E-state index in [2.05, 4.69) is 27.5 Å². The summed E-state index contributed by atoms with van der Waals surface area (Å²) in [4.78, 5) is 0. The second-order valence-electron chi connectivity index (χ2n) is 6.39. The minimum Gasteiger partial charge on any atom is -0.316 e. The third kappa shape index (κ3) is 3.59. The van der Waals surface area contributed by atoms with Gasteiger partial charge in [0.05, 0.1) is 12.2 Å². The Morgan fingerprint density at radius 1 is 1.11 bits per heavy atom. The number of hydrogen-bond donors (Lipinski definition) is 1. The third-order valence-corrected chi connectivity index (χ3v) is 4.78. The van der Waals surface area contributed by atoms with Gasteiger partial charge in [-0.05, 0) is 56.7 Å². The summed E-state index contributed by atoms with van der Waals surface area (Å²) in [6, 6.07) is 0.667. The molecule has 2 fully saturated rings. The quantitative estimate of drug-likeness (QED) is 0.846. The maximum Gasteiger partial charge on any atom is 0.0521 e. The molecule has 3 heteroatoms. The molecule has 19 heavy (non-hydrogen) atoms. The molecule has 3 rings (SSSR count). The van der Waals surface area contributed by atoms with Crippen molar-refractivity contribution in [3.05, 3.63) is 18.0 Å². The SMILES string of the molecule is c1nn(C2CCCCCC2)cc1CC1CCCNC1. The Morgan fingerprint density at radius 2 is 1.95 bits per heavy atom. The lowest BCUT2D eigenvalue weighted by molar-refractivity contribution is 0.375. The number of rotatable bonds is 3. The zero-order chi connectivity index (χ0) is 12.9. The monoisotopic (exact) mass is 261 g/mol. The molecule has 1 N–H and O–H groups in total. The van der Waals surface area contributed by atoms with Gasteiger partial charge in [-0.3, -0.25) is 4.68 Å². The van der Waals surface area contributed by atoms with Crippen molar-refractivity contribution in [1.29, 1.82) is 0 Å². The lowest BCUT2D eigenvalue weighted by Gasteiger charge is -2.22. The molecule has 1 aromatic rings. The molecular weight excluding hydrogens is 234 g/mol. The molecule has 2 heterocycles. The Labute approximate surface area is 116 Å². The van der Waals surface area contributed by atoms with Crippen LogP contribution in [0.5, 0.6) is 0 Å². The van der Waals surface area contributed by atoms with Crippen LogP contribution in [0.3, 0.4) is 0 Å². The standard InChI is InChI=1S/C16H27N3/c1-2-4-8-16(7-3-1)19-13-15(12-18-19)10-14-6-5-9-17-11-14/h12-14,16-17H,1-11H2. The van der Waals surface area contributed by atoms with Crippen LogP contribution < -0.4 is 5.32 Å². The van der Waals surface area contributed by atoms with Crippen LogP contribution in [0, 0.1) is 5.92 Å². The van der Waals surface area contributed by atoms with Gasteiger partial charge < -0.3 is 5.32 Å². The molecule has 1 aliphatic carbocycles. The Bertz CT molecular complexity index is 371. The van der Waals surface area contributed by atoms with E-state index in [-0.39, 0.29) is 0 Å². The summed E-state index contributed by atoms with van der Waals surface area (Å²) in [5.74, 6) is 0.820. The van der Waals surface area contributed by atoms with Gasteiger partial charge >= 0.3 is 0 Å². The van der Waals surface area contributed by atoms with Gasteiger partial charge in [0.2, 0.25) is 0 Å². The number of nitrogens with zero attached hydrogens (tertiary/aromatic N) is 2. The van der Waals surface area contributed by atoms with Crippen molar-refractivity contribution in [2.75, 3.05) is 13.1 Å². The summed E-state index contributed by atoms with van der Waals surface area (Å²) in [5.41, 5.74) is 1.44. The molecule has 0 radical (unpaired) electrons. The maximum absolute atomic E-state index is 4.64. The van der Waals surface area contributed by atoms with E-state index >= 15 is 0 Å². The Kier molecular flexibility index (Phi) is 4.54. The van der Waals surface area contributed by atoms with Crippen molar-refractivity contribution in [3.63, 3.8) is 0 Å². The Hall–Kier alpha value is -0.830. The van der Waals surface area contributed by atoms with Crippen LogP contribution in [-0.2, 0) is 6.42 Å². The molecule has 1 aromatic heterocycles. The molecule has 0 bridgehead atoms. The first kappa shape index (κ1) is 13.2. The van der Waals surface area contributed by atoms with E-state index in [1.165, 1.54) is 76.4 Å². The predicted molar refractivity (Wildman–Crippen MR) is 78.3 cm³/mol. The fourth-order valence-corrected chi connectivity index (χ4v) is 3.64. The van der Waals surface area contributed by atoms with Crippen molar-refractivity contribution in [2.24, 2.45) is 5.92 Å². The highest BCUT2D eigenvalue weighted by Gasteiger charge is 2.17. The summed E-state index contributed by atoms with van der Waals surface area (Å²) in [7, 11) is 0. The zero-order valence-electron chi connectivity index (χ0n) is 12.0. The summed E-state index contributed by atoms with van der Waals surface area (Å²) < 4.78 is 2.26. The first-order valence-electron chi connectivity index (χ1n) is 8.15. The number of hydrogen-bond acceptors (Lipinski definition) is 2. The van der Waals surface area contributed by atoms with Gasteiger partial charge in [0.15, 0.2) is 0 Å². The number of aromatic nitrogens is 2. The molecule has 106 valence electrons. The first-order valence-corrected chi connectivity index (χ1v) is 8.15. The average Bonchev–Trinajstić information content (AvgIpc) is 2.74. The second kappa shape index (κ2) is 6.56. The largest absolute Gasteiger partial charge is 0.316 e. The molecular formula is C16H27N3. The van der Waals surface area contributed by atoms with E-state index < -0.39 is 0 Å². The van der Waals surface area contributed by atoms with E-state index in [1.807, 2.05) is 0 Å². The van der Waals surface area contributed by atoms with Crippen LogP contribution in [0.25, 0.3) is 0 Å². The van der Waals surface area contributed by atoms with Gasteiger partial charge in [0.25, 0.3) is 0 Å². The molecule has 2 aliphatic rings. The fourth-order valence-electron chi connectivity index (χ4n) is 3.64. The molecule has 0 spiro atoms. The smallest absolute Gasteiger partial charge is 0.0521 e. The highest BCUT2D eigenvalue weighted by Crippen LogP contribution is 2.27. The van der Waals surface area contributed by atoms with Crippen LogP contribution in [0.4, 0.5) is 0 Å². The van der Waals surface area contributed by atoms with Crippen LogP contribution in [0.15, 0.2) is 12.4 Å². The highest BCUT2D eigenvalue weighted by molar-refractivity contribution is 5.06. The van der Waals surface area contributed by atoms with Gasteiger partial charge in [-0.2, -0.15) is 5.10 Å². The van der Waals surface area contributed by atoms with Crippen LogP contribution in [0.2, 0.25) is 0 Å². The Balaban J connectivity index is 1.58. The van der Waals surface area contributed by atoms with Gasteiger partial charge in [-0.1, -0.05) is 25.7 Å². The summed E-state index contributed by atoms with van der Waals surface area (Å²) in [5, 5.41) is 8.15.